The molecule has 0 aliphatic heterocycles. The molecule has 2 aromatic rings. The van der Waals surface area contributed by atoms with Crippen molar-refractivity contribution in [2.24, 2.45) is 5.92 Å². The molecule has 0 fully saturated rings. The summed E-state index contributed by atoms with van der Waals surface area (Å²) in [6.45, 7) is 4.13. The van der Waals surface area contributed by atoms with Crippen molar-refractivity contribution >= 4 is 27.2 Å². The van der Waals surface area contributed by atoms with Crippen molar-refractivity contribution in [1.82, 2.24) is 14.3 Å². The zero-order chi connectivity index (χ0) is 15.5. The Bertz CT molecular complexity index is 696. The first kappa shape index (κ1) is 15.6. The van der Waals surface area contributed by atoms with Gasteiger partial charge in [-0.3, -0.25) is 4.72 Å². The Morgan fingerprint density at radius 1 is 1.33 bits per heavy atom. The summed E-state index contributed by atoms with van der Waals surface area (Å²) in [5.41, 5.74) is 0.302. The van der Waals surface area contributed by atoms with E-state index < -0.39 is 10.0 Å². The van der Waals surface area contributed by atoms with Crippen LogP contribution in [0, 0.1) is 5.92 Å². The van der Waals surface area contributed by atoms with E-state index in [0.717, 1.165) is 18.0 Å². The molecular weight excluding hydrogens is 312 g/mol. The van der Waals surface area contributed by atoms with Crippen LogP contribution in [0.3, 0.4) is 0 Å². The van der Waals surface area contributed by atoms with Gasteiger partial charge in [-0.1, -0.05) is 13.8 Å². The molecule has 7 nitrogen and oxygen atoms in total. The van der Waals surface area contributed by atoms with Gasteiger partial charge in [0.05, 0.1) is 25.2 Å². The Morgan fingerprint density at radius 3 is 2.57 bits per heavy atom. The minimum absolute atomic E-state index is 0.00116. The Hall–Kier alpha value is -1.74. The molecule has 0 bridgehead atoms. The monoisotopic (exact) mass is 328 g/mol. The summed E-state index contributed by atoms with van der Waals surface area (Å²) in [6, 6.07) is 0. The molecule has 0 saturated carbocycles. The lowest BCUT2D eigenvalue weighted by molar-refractivity contribution is 0.391. The number of nitrogens with zero attached hydrogens (tertiary/aromatic N) is 3. The molecule has 0 radical (unpaired) electrons. The van der Waals surface area contributed by atoms with Crippen LogP contribution >= 0.6 is 11.5 Å². The third-order valence-electron chi connectivity index (χ3n) is 2.54. The first-order chi connectivity index (χ1) is 9.92. The molecule has 0 aliphatic carbocycles. The van der Waals surface area contributed by atoms with Crippen molar-refractivity contribution in [2.45, 2.75) is 25.2 Å². The second kappa shape index (κ2) is 6.35. The van der Waals surface area contributed by atoms with E-state index in [1.807, 2.05) is 0 Å². The second-order valence-corrected chi connectivity index (χ2v) is 7.06. The molecule has 0 aromatic carbocycles. The lowest BCUT2D eigenvalue weighted by Crippen LogP contribution is -2.14. The maximum absolute atomic E-state index is 12.2. The molecule has 0 amide bonds. The molecule has 2 rings (SSSR count). The highest BCUT2D eigenvalue weighted by Gasteiger charge is 2.22. The average Bonchev–Trinajstić information content (AvgIpc) is 2.89. The molecule has 2 heterocycles. The summed E-state index contributed by atoms with van der Waals surface area (Å²) in [4.78, 5) is 8.29. The Balaban J connectivity index is 2.17. The van der Waals surface area contributed by atoms with E-state index in [0.29, 0.717) is 17.4 Å². The fraction of sp³-hybridized carbons (Fsp3) is 0.417. The number of hydrogen-bond donors (Lipinski definition) is 1. The first-order valence-corrected chi connectivity index (χ1v) is 8.56. The fourth-order valence-corrected chi connectivity index (χ4v) is 3.72. The summed E-state index contributed by atoms with van der Waals surface area (Å²) in [5, 5.41) is 1.41. The SMILES string of the molecule is COc1nscc1S(=O)(=O)Nc1cnc(CC(C)C)nc1. The fourth-order valence-electron chi connectivity index (χ4n) is 1.62. The van der Waals surface area contributed by atoms with Gasteiger partial charge in [0.2, 0.25) is 5.88 Å². The summed E-state index contributed by atoms with van der Waals surface area (Å²) in [7, 11) is -2.38. The van der Waals surface area contributed by atoms with Crippen molar-refractivity contribution in [2.75, 3.05) is 11.8 Å². The van der Waals surface area contributed by atoms with Crippen LogP contribution in [0.1, 0.15) is 19.7 Å². The second-order valence-electron chi connectivity index (χ2n) is 4.78. The quantitative estimate of drug-likeness (QED) is 0.871. The van der Waals surface area contributed by atoms with E-state index >= 15 is 0 Å². The van der Waals surface area contributed by atoms with Crippen molar-refractivity contribution in [1.29, 1.82) is 0 Å². The third-order valence-corrected chi connectivity index (χ3v) is 4.67. The minimum atomic E-state index is -3.76. The van der Waals surface area contributed by atoms with Crippen LogP contribution in [0.2, 0.25) is 0 Å². The molecule has 0 unspecified atom stereocenters. The summed E-state index contributed by atoms with van der Waals surface area (Å²) < 4.78 is 35.6. The topological polar surface area (TPSA) is 94.1 Å². The molecule has 114 valence electrons. The zero-order valence-corrected chi connectivity index (χ0v) is 13.5. The van der Waals surface area contributed by atoms with Gasteiger partial charge >= 0.3 is 0 Å². The zero-order valence-electron chi connectivity index (χ0n) is 11.9. The van der Waals surface area contributed by atoms with Gasteiger partial charge in [-0.05, 0) is 17.5 Å². The molecule has 0 aliphatic rings. The van der Waals surface area contributed by atoms with Gasteiger partial charge in [0, 0.05) is 11.8 Å². The van der Waals surface area contributed by atoms with Crippen molar-refractivity contribution in [3.63, 3.8) is 0 Å². The van der Waals surface area contributed by atoms with Gasteiger partial charge in [0.25, 0.3) is 10.0 Å². The van der Waals surface area contributed by atoms with Gasteiger partial charge in [0.15, 0.2) is 4.90 Å². The van der Waals surface area contributed by atoms with E-state index in [-0.39, 0.29) is 10.8 Å². The molecule has 0 spiro atoms. The number of anilines is 1. The number of rotatable bonds is 6. The standard InChI is InChI=1S/C12H16N4O3S2/c1-8(2)4-11-13-5-9(6-14-11)16-21(17,18)10-7-20-15-12(10)19-3/h5-8,16H,4H2,1-3H3. The molecule has 9 heteroatoms. The molecule has 1 N–H and O–H groups in total. The normalized spacial score (nSPS) is 11.6. The van der Waals surface area contributed by atoms with Gasteiger partial charge in [-0.15, -0.1) is 0 Å². The van der Waals surface area contributed by atoms with Crippen LogP contribution in [0.15, 0.2) is 22.7 Å². The largest absolute Gasteiger partial charge is 0.479 e. The Kier molecular flexibility index (Phi) is 4.73. The van der Waals surface area contributed by atoms with Gasteiger partial charge in [-0.2, -0.15) is 4.37 Å². The maximum Gasteiger partial charge on any atom is 0.268 e. The average molecular weight is 328 g/mol. The minimum Gasteiger partial charge on any atom is -0.479 e. The lowest BCUT2D eigenvalue weighted by atomic mass is 10.1. The predicted molar refractivity (Wildman–Crippen MR) is 80.0 cm³/mol. The third kappa shape index (κ3) is 3.88. The van der Waals surface area contributed by atoms with Crippen LogP contribution in [0.5, 0.6) is 5.88 Å². The number of nitrogens with one attached hydrogen (secondary N) is 1. The number of sulfonamides is 1. The van der Waals surface area contributed by atoms with Crippen LogP contribution < -0.4 is 9.46 Å². The Labute approximate surface area is 127 Å². The van der Waals surface area contributed by atoms with Crippen LogP contribution in [0.25, 0.3) is 0 Å². The Morgan fingerprint density at radius 2 is 2.00 bits per heavy atom. The first-order valence-electron chi connectivity index (χ1n) is 6.24. The number of ether oxygens (including phenoxy) is 1. The highest BCUT2D eigenvalue weighted by molar-refractivity contribution is 7.93. The van der Waals surface area contributed by atoms with E-state index in [4.69, 9.17) is 4.74 Å². The lowest BCUT2D eigenvalue weighted by Gasteiger charge is -2.08. The summed E-state index contributed by atoms with van der Waals surface area (Å²) in [6.07, 6.45) is 3.65. The van der Waals surface area contributed by atoms with E-state index in [1.165, 1.54) is 24.9 Å². The van der Waals surface area contributed by atoms with Crippen LogP contribution in [0.4, 0.5) is 5.69 Å². The molecular formula is C12H16N4O3S2. The number of aromatic nitrogens is 3. The predicted octanol–water partition coefficient (Wildman–Crippen LogP) is 1.94. The van der Waals surface area contributed by atoms with Crippen molar-refractivity contribution in [3.05, 3.63) is 23.6 Å². The van der Waals surface area contributed by atoms with Crippen molar-refractivity contribution < 1.29 is 13.2 Å². The highest BCUT2D eigenvalue weighted by atomic mass is 32.2. The molecule has 21 heavy (non-hydrogen) atoms. The van der Waals surface area contributed by atoms with Gasteiger partial charge < -0.3 is 4.74 Å². The van der Waals surface area contributed by atoms with E-state index in [2.05, 4.69) is 32.9 Å². The summed E-state index contributed by atoms with van der Waals surface area (Å²) in [5.74, 6) is 1.20. The number of methoxy groups -OCH3 is 1. The summed E-state index contributed by atoms with van der Waals surface area (Å²) >= 11 is 1.01. The van der Waals surface area contributed by atoms with Crippen LogP contribution in [-0.4, -0.2) is 29.9 Å². The van der Waals surface area contributed by atoms with E-state index in [9.17, 15) is 8.42 Å². The van der Waals surface area contributed by atoms with Gasteiger partial charge in [-0.25, -0.2) is 18.4 Å². The molecule has 2 aromatic heterocycles. The molecule has 0 saturated heterocycles. The number of hydrogen-bond acceptors (Lipinski definition) is 7. The van der Waals surface area contributed by atoms with Crippen LogP contribution in [-0.2, 0) is 16.4 Å². The molecule has 0 atom stereocenters. The smallest absolute Gasteiger partial charge is 0.268 e. The highest BCUT2D eigenvalue weighted by Crippen LogP contribution is 2.25. The maximum atomic E-state index is 12.2. The van der Waals surface area contributed by atoms with Gasteiger partial charge in [0.1, 0.15) is 5.82 Å². The van der Waals surface area contributed by atoms with Crippen molar-refractivity contribution in [3.8, 4) is 5.88 Å². The van der Waals surface area contributed by atoms with E-state index in [1.54, 1.807) is 0 Å².